The number of rotatable bonds is 3. The number of carbonyl (C=O) groups is 2. The van der Waals surface area contributed by atoms with Gasteiger partial charge in [0.1, 0.15) is 0 Å². The molecule has 1 amide bonds. The maximum atomic E-state index is 13.4. The number of benzene rings is 2. The van der Waals surface area contributed by atoms with Gasteiger partial charge in [0.05, 0.1) is 10.6 Å². The van der Waals surface area contributed by atoms with E-state index in [0.29, 0.717) is 34.8 Å². The van der Waals surface area contributed by atoms with Gasteiger partial charge in [0.25, 0.3) is 5.69 Å². The average molecular weight is 439 g/mol. The standard InChI is InChI=1S/C24H23ClN2O4/c1-14-7-8-17(27(30)31)10-19(14)26-20-12-24(2,3)13-21(28)23(20)18(11-22(26)29)15-5-4-6-16(25)9-15/h4-10,18H,11-13H2,1-3H3. The van der Waals surface area contributed by atoms with E-state index in [4.69, 9.17) is 11.6 Å². The highest BCUT2D eigenvalue weighted by molar-refractivity contribution is 6.30. The van der Waals surface area contributed by atoms with Crippen LogP contribution in [0.2, 0.25) is 5.02 Å². The van der Waals surface area contributed by atoms with Crippen molar-refractivity contribution in [2.24, 2.45) is 5.41 Å². The molecule has 0 aromatic heterocycles. The van der Waals surface area contributed by atoms with Crippen molar-refractivity contribution in [3.8, 4) is 0 Å². The van der Waals surface area contributed by atoms with Crippen LogP contribution in [0, 0.1) is 22.5 Å². The topological polar surface area (TPSA) is 80.5 Å². The summed E-state index contributed by atoms with van der Waals surface area (Å²) in [4.78, 5) is 39.2. The van der Waals surface area contributed by atoms with Crippen molar-refractivity contribution in [3.63, 3.8) is 0 Å². The molecule has 0 N–H and O–H groups in total. The molecule has 6 nitrogen and oxygen atoms in total. The fraction of sp³-hybridized carbons (Fsp3) is 0.333. The lowest BCUT2D eigenvalue weighted by molar-refractivity contribution is -0.384. The first-order valence-corrected chi connectivity index (χ1v) is 10.5. The SMILES string of the molecule is Cc1ccc([N+](=O)[O-])cc1N1C(=O)CC(c2cccc(Cl)c2)C2=C1CC(C)(C)CC2=O. The van der Waals surface area contributed by atoms with Gasteiger partial charge < -0.3 is 0 Å². The Labute approximate surface area is 185 Å². The zero-order valence-corrected chi connectivity index (χ0v) is 18.4. The summed E-state index contributed by atoms with van der Waals surface area (Å²) in [5.41, 5.74) is 2.88. The smallest absolute Gasteiger partial charge is 0.271 e. The largest absolute Gasteiger partial charge is 0.294 e. The number of aryl methyl sites for hydroxylation is 1. The summed E-state index contributed by atoms with van der Waals surface area (Å²) in [6, 6.07) is 11.7. The van der Waals surface area contributed by atoms with Crippen molar-refractivity contribution < 1.29 is 14.5 Å². The van der Waals surface area contributed by atoms with E-state index in [1.807, 2.05) is 32.9 Å². The number of carbonyl (C=O) groups excluding carboxylic acids is 2. The summed E-state index contributed by atoms with van der Waals surface area (Å²) in [6.07, 6.45) is 1.02. The number of halogens is 1. The van der Waals surface area contributed by atoms with Gasteiger partial charge in [-0.3, -0.25) is 24.6 Å². The lowest BCUT2D eigenvalue weighted by Gasteiger charge is -2.43. The third-order valence-electron chi connectivity index (χ3n) is 6.04. The maximum absolute atomic E-state index is 13.4. The third-order valence-corrected chi connectivity index (χ3v) is 6.27. The van der Waals surface area contributed by atoms with E-state index in [-0.39, 0.29) is 35.1 Å². The molecule has 1 aliphatic heterocycles. The molecule has 0 spiro atoms. The van der Waals surface area contributed by atoms with Crippen molar-refractivity contribution >= 4 is 34.7 Å². The maximum Gasteiger partial charge on any atom is 0.271 e. The number of hydrogen-bond donors (Lipinski definition) is 0. The third kappa shape index (κ3) is 3.88. The summed E-state index contributed by atoms with van der Waals surface area (Å²) in [7, 11) is 0. The molecule has 0 saturated carbocycles. The summed E-state index contributed by atoms with van der Waals surface area (Å²) in [5, 5.41) is 11.9. The van der Waals surface area contributed by atoms with Crippen LogP contribution in [0.5, 0.6) is 0 Å². The van der Waals surface area contributed by atoms with E-state index < -0.39 is 4.92 Å². The monoisotopic (exact) mass is 438 g/mol. The van der Waals surface area contributed by atoms with Gasteiger partial charge >= 0.3 is 0 Å². The zero-order chi connectivity index (χ0) is 22.5. The Kier molecular flexibility index (Phi) is 5.21. The Balaban J connectivity index is 1.94. The van der Waals surface area contributed by atoms with Gasteiger partial charge in [0.2, 0.25) is 5.91 Å². The minimum atomic E-state index is -0.475. The number of Topliss-reactive ketones (excluding diaryl/α,β-unsaturated/α-hetero) is 1. The molecule has 31 heavy (non-hydrogen) atoms. The van der Waals surface area contributed by atoms with Gasteiger partial charge in [-0.2, -0.15) is 0 Å². The van der Waals surface area contributed by atoms with Gasteiger partial charge in [-0.05, 0) is 42.0 Å². The molecule has 0 bridgehead atoms. The number of nitro benzene ring substituents is 1. The van der Waals surface area contributed by atoms with Crippen molar-refractivity contribution in [2.75, 3.05) is 4.90 Å². The molecule has 0 saturated heterocycles. The number of non-ortho nitro benzene ring substituents is 1. The number of amides is 1. The second kappa shape index (κ2) is 7.61. The highest BCUT2D eigenvalue weighted by Crippen LogP contribution is 2.49. The summed E-state index contributed by atoms with van der Waals surface area (Å²) in [6.45, 7) is 5.81. The van der Waals surface area contributed by atoms with Gasteiger partial charge in [-0.25, -0.2) is 0 Å². The van der Waals surface area contributed by atoms with E-state index in [2.05, 4.69) is 0 Å². The first-order chi connectivity index (χ1) is 14.6. The average Bonchev–Trinajstić information content (AvgIpc) is 2.67. The summed E-state index contributed by atoms with van der Waals surface area (Å²) in [5.74, 6) is -0.547. The molecule has 160 valence electrons. The predicted octanol–water partition coefficient (Wildman–Crippen LogP) is 5.72. The molecular formula is C24H23ClN2O4. The molecule has 1 unspecified atom stereocenters. The molecule has 0 radical (unpaired) electrons. The van der Waals surface area contributed by atoms with Crippen LogP contribution in [0.4, 0.5) is 11.4 Å². The lowest BCUT2D eigenvalue weighted by atomic mass is 9.69. The Morgan fingerprint density at radius 1 is 1.13 bits per heavy atom. The van der Waals surface area contributed by atoms with Gasteiger partial charge in [-0.1, -0.05) is 43.6 Å². The molecule has 1 aliphatic carbocycles. The van der Waals surface area contributed by atoms with Gasteiger partial charge in [-0.15, -0.1) is 0 Å². The first kappa shape index (κ1) is 21.2. The number of anilines is 1. The van der Waals surface area contributed by atoms with E-state index in [1.165, 1.54) is 17.0 Å². The fourth-order valence-corrected chi connectivity index (χ4v) is 4.85. The number of nitro groups is 1. The second-order valence-corrected chi connectivity index (χ2v) is 9.51. The van der Waals surface area contributed by atoms with Crippen LogP contribution in [0.15, 0.2) is 53.7 Å². The lowest BCUT2D eigenvalue weighted by Crippen LogP contribution is -2.44. The van der Waals surface area contributed by atoms with E-state index in [1.54, 1.807) is 18.2 Å². The van der Waals surface area contributed by atoms with Crippen LogP contribution in [-0.2, 0) is 9.59 Å². The molecule has 2 aliphatic rings. The van der Waals surface area contributed by atoms with Gasteiger partial charge in [0.15, 0.2) is 5.78 Å². The summed E-state index contributed by atoms with van der Waals surface area (Å²) >= 11 is 6.19. The number of nitrogens with zero attached hydrogens (tertiary/aromatic N) is 2. The second-order valence-electron chi connectivity index (χ2n) is 9.07. The first-order valence-electron chi connectivity index (χ1n) is 10.2. The minimum Gasteiger partial charge on any atom is -0.294 e. The van der Waals surface area contributed by atoms with Crippen LogP contribution in [0.25, 0.3) is 0 Å². The van der Waals surface area contributed by atoms with Crippen LogP contribution < -0.4 is 4.90 Å². The van der Waals surface area contributed by atoms with Crippen LogP contribution in [0.1, 0.15) is 50.2 Å². The molecular weight excluding hydrogens is 416 g/mol. The Morgan fingerprint density at radius 2 is 1.87 bits per heavy atom. The van der Waals surface area contributed by atoms with Gasteiger partial charge in [0, 0.05) is 47.2 Å². The zero-order valence-electron chi connectivity index (χ0n) is 17.6. The molecule has 0 fully saturated rings. The van der Waals surface area contributed by atoms with Crippen LogP contribution >= 0.6 is 11.6 Å². The molecule has 2 aromatic carbocycles. The van der Waals surface area contributed by atoms with Crippen molar-refractivity contribution in [2.45, 2.75) is 46.0 Å². The number of ketones is 1. The molecule has 1 atom stereocenters. The van der Waals surface area contributed by atoms with Crippen LogP contribution in [0.3, 0.4) is 0 Å². The Hall–Kier alpha value is -2.99. The number of hydrogen-bond acceptors (Lipinski definition) is 4. The van der Waals surface area contributed by atoms with Crippen LogP contribution in [-0.4, -0.2) is 16.6 Å². The predicted molar refractivity (Wildman–Crippen MR) is 119 cm³/mol. The number of allylic oxidation sites excluding steroid dienone is 2. The highest BCUT2D eigenvalue weighted by atomic mass is 35.5. The Bertz CT molecular complexity index is 1150. The summed E-state index contributed by atoms with van der Waals surface area (Å²) < 4.78 is 0. The van der Waals surface area contributed by atoms with E-state index in [0.717, 1.165) is 11.1 Å². The highest BCUT2D eigenvalue weighted by Gasteiger charge is 2.44. The van der Waals surface area contributed by atoms with Crippen molar-refractivity contribution in [1.82, 2.24) is 0 Å². The molecule has 2 aromatic rings. The van der Waals surface area contributed by atoms with Crippen molar-refractivity contribution in [1.29, 1.82) is 0 Å². The molecule has 7 heteroatoms. The van der Waals surface area contributed by atoms with E-state index >= 15 is 0 Å². The quantitative estimate of drug-likeness (QED) is 0.453. The Morgan fingerprint density at radius 3 is 2.55 bits per heavy atom. The normalized spacial score (nSPS) is 20.6. The molecule has 1 heterocycles. The van der Waals surface area contributed by atoms with Crippen molar-refractivity contribution in [3.05, 3.63) is 80.0 Å². The van der Waals surface area contributed by atoms with E-state index in [9.17, 15) is 19.7 Å². The fourth-order valence-electron chi connectivity index (χ4n) is 4.66. The minimum absolute atomic E-state index is 0.0109. The molecule has 4 rings (SSSR count).